The van der Waals surface area contributed by atoms with Crippen LogP contribution in [-0.2, 0) is 14.6 Å². The summed E-state index contributed by atoms with van der Waals surface area (Å²) >= 11 is 5.92. The fourth-order valence-electron chi connectivity index (χ4n) is 2.23. The van der Waals surface area contributed by atoms with Crippen LogP contribution >= 0.6 is 11.6 Å². The molecule has 0 aliphatic carbocycles. The third kappa shape index (κ3) is 4.75. The van der Waals surface area contributed by atoms with E-state index in [2.05, 4.69) is 5.32 Å². The number of amides is 1. The molecule has 0 bridgehead atoms. The van der Waals surface area contributed by atoms with E-state index in [1.165, 1.54) is 44.4 Å². The van der Waals surface area contributed by atoms with Gasteiger partial charge in [-0.1, -0.05) is 18.5 Å². The highest BCUT2D eigenvalue weighted by Crippen LogP contribution is 2.22. The zero-order valence-corrected chi connectivity index (χ0v) is 15.8. The van der Waals surface area contributed by atoms with Crippen LogP contribution in [0.1, 0.15) is 12.5 Å². The maximum atomic E-state index is 12.5. The van der Waals surface area contributed by atoms with E-state index in [1.807, 2.05) is 6.07 Å². The second-order valence-corrected chi connectivity index (χ2v) is 8.10. The fourth-order valence-corrected chi connectivity index (χ4v) is 4.01. The van der Waals surface area contributed by atoms with Gasteiger partial charge in [0.05, 0.1) is 28.3 Å². The van der Waals surface area contributed by atoms with Gasteiger partial charge in [-0.2, -0.15) is 5.26 Å². The number of nitriles is 1. The molecule has 0 fully saturated rings. The van der Waals surface area contributed by atoms with E-state index >= 15 is 0 Å². The number of ether oxygens (including phenoxy) is 1. The summed E-state index contributed by atoms with van der Waals surface area (Å²) in [5, 5.41) is 11.7. The lowest BCUT2D eigenvalue weighted by atomic mass is 10.2. The zero-order valence-electron chi connectivity index (χ0n) is 14.2. The van der Waals surface area contributed by atoms with Gasteiger partial charge in [0.25, 0.3) is 0 Å². The first-order chi connectivity index (χ1) is 12.3. The highest BCUT2D eigenvalue weighted by molar-refractivity contribution is 7.91. The van der Waals surface area contributed by atoms with Gasteiger partial charge < -0.3 is 10.1 Å². The number of sulfone groups is 1. The number of carbonyl (C=O) groups is 1. The van der Waals surface area contributed by atoms with Crippen molar-refractivity contribution < 1.29 is 17.9 Å². The molecule has 0 heterocycles. The maximum Gasteiger partial charge on any atom is 0.228 e. The minimum atomic E-state index is -3.63. The van der Waals surface area contributed by atoms with Gasteiger partial charge in [0.1, 0.15) is 11.8 Å². The third-order valence-corrected chi connectivity index (χ3v) is 5.93. The summed E-state index contributed by atoms with van der Waals surface area (Å²) in [5.41, 5.74) is 0.687. The van der Waals surface area contributed by atoms with E-state index < -0.39 is 21.7 Å². The van der Waals surface area contributed by atoms with Crippen LogP contribution in [-0.4, -0.2) is 27.2 Å². The average Bonchev–Trinajstić information content (AvgIpc) is 2.61. The highest BCUT2D eigenvalue weighted by Gasteiger charge is 2.23. The van der Waals surface area contributed by atoms with E-state index in [-0.39, 0.29) is 15.7 Å². The number of rotatable bonds is 6. The maximum absolute atomic E-state index is 12.5. The molecule has 1 amide bonds. The van der Waals surface area contributed by atoms with E-state index in [4.69, 9.17) is 21.6 Å². The molecule has 0 aliphatic rings. The number of anilines is 1. The first kappa shape index (κ1) is 19.8. The molecule has 0 spiro atoms. The molecule has 0 saturated carbocycles. The summed E-state index contributed by atoms with van der Waals surface area (Å²) in [7, 11) is -2.13. The Hall–Kier alpha value is -2.56. The Labute approximate surface area is 157 Å². The van der Waals surface area contributed by atoms with Gasteiger partial charge in [-0.3, -0.25) is 4.79 Å². The number of nitrogens with zero attached hydrogens (tertiary/aromatic N) is 1. The van der Waals surface area contributed by atoms with Crippen molar-refractivity contribution in [1.29, 1.82) is 5.26 Å². The minimum absolute atomic E-state index is 0.124. The number of carbonyl (C=O) groups excluding carboxylic acids is 1. The molecule has 1 unspecified atom stereocenters. The van der Waals surface area contributed by atoms with Gasteiger partial charge in [-0.15, -0.1) is 0 Å². The largest absolute Gasteiger partial charge is 0.497 e. The predicted molar refractivity (Wildman–Crippen MR) is 99.0 cm³/mol. The zero-order chi connectivity index (χ0) is 19.3. The van der Waals surface area contributed by atoms with Gasteiger partial charge in [0.15, 0.2) is 9.84 Å². The molecule has 0 saturated heterocycles. The molecule has 8 heteroatoms. The van der Waals surface area contributed by atoms with Gasteiger partial charge in [-0.05, 0) is 42.5 Å². The van der Waals surface area contributed by atoms with Crippen LogP contribution in [0.3, 0.4) is 0 Å². The molecule has 1 N–H and O–H groups in total. The lowest BCUT2D eigenvalue weighted by Gasteiger charge is -2.13. The van der Waals surface area contributed by atoms with Gasteiger partial charge in [-0.25, -0.2) is 8.42 Å². The average molecular weight is 393 g/mol. The van der Waals surface area contributed by atoms with Gasteiger partial charge >= 0.3 is 0 Å². The van der Waals surface area contributed by atoms with Crippen LogP contribution < -0.4 is 10.1 Å². The molecule has 0 aliphatic heterocycles. The van der Waals surface area contributed by atoms with E-state index in [0.29, 0.717) is 17.0 Å². The second kappa shape index (κ2) is 8.21. The number of halogens is 1. The van der Waals surface area contributed by atoms with Crippen LogP contribution in [0.15, 0.2) is 47.4 Å². The molecular formula is C18H17ClN2O4S. The molecular weight excluding hydrogens is 376 g/mol. The van der Waals surface area contributed by atoms with Crippen molar-refractivity contribution in [1.82, 2.24) is 0 Å². The second-order valence-electron chi connectivity index (χ2n) is 5.65. The van der Waals surface area contributed by atoms with E-state index in [9.17, 15) is 13.2 Å². The minimum Gasteiger partial charge on any atom is -0.497 e. The molecule has 1 atom stereocenters. The van der Waals surface area contributed by atoms with E-state index in [1.54, 1.807) is 12.1 Å². The Morgan fingerprint density at radius 3 is 2.46 bits per heavy atom. The summed E-state index contributed by atoms with van der Waals surface area (Å²) in [4.78, 5) is 12.4. The summed E-state index contributed by atoms with van der Waals surface area (Å²) in [5.74, 6) is -1.03. The van der Waals surface area contributed by atoms with Crippen LogP contribution in [0.25, 0.3) is 0 Å². The van der Waals surface area contributed by atoms with Gasteiger partial charge in [0, 0.05) is 11.6 Å². The quantitative estimate of drug-likeness (QED) is 0.813. The van der Waals surface area contributed by atoms with Crippen molar-refractivity contribution in [2.24, 2.45) is 5.92 Å². The Morgan fingerprint density at radius 2 is 1.92 bits per heavy atom. The smallest absolute Gasteiger partial charge is 0.228 e. The molecule has 26 heavy (non-hydrogen) atoms. The SMILES string of the molecule is COc1ccc(S(=O)(=O)CC(C)C(=O)Nc2ccc(C#N)c(Cl)c2)cc1. The van der Waals surface area contributed by atoms with Crippen LogP contribution in [0.2, 0.25) is 5.02 Å². The topological polar surface area (TPSA) is 96.3 Å². The standard InChI is InChI=1S/C18H17ClN2O4S/c1-12(11-26(23,24)16-7-5-15(25-2)6-8-16)18(22)21-14-4-3-13(10-20)17(19)9-14/h3-9,12H,11H2,1-2H3,(H,21,22). The number of benzene rings is 2. The van der Waals surface area contributed by atoms with Crippen molar-refractivity contribution >= 4 is 33.0 Å². The van der Waals surface area contributed by atoms with Crippen LogP contribution in [0.5, 0.6) is 5.75 Å². The molecule has 6 nitrogen and oxygen atoms in total. The summed E-state index contributed by atoms with van der Waals surface area (Å²) in [6.45, 7) is 1.53. The number of methoxy groups -OCH3 is 1. The Balaban J connectivity index is 2.08. The van der Waals surface area contributed by atoms with Gasteiger partial charge in [0.2, 0.25) is 5.91 Å². The Kier molecular flexibility index (Phi) is 6.24. The monoisotopic (exact) mass is 392 g/mol. The Bertz CT molecular complexity index is 950. The lowest BCUT2D eigenvalue weighted by Crippen LogP contribution is -2.27. The van der Waals surface area contributed by atoms with Crippen molar-refractivity contribution in [2.45, 2.75) is 11.8 Å². The number of hydrogen-bond acceptors (Lipinski definition) is 5. The summed E-state index contributed by atoms with van der Waals surface area (Å²) in [6, 6.07) is 12.4. The van der Waals surface area contributed by atoms with Crippen molar-refractivity contribution in [3.63, 3.8) is 0 Å². The fraction of sp³-hybridized carbons (Fsp3) is 0.222. The molecule has 2 aromatic rings. The van der Waals surface area contributed by atoms with Crippen LogP contribution in [0.4, 0.5) is 5.69 Å². The van der Waals surface area contributed by atoms with Crippen molar-refractivity contribution in [2.75, 3.05) is 18.2 Å². The third-order valence-electron chi connectivity index (χ3n) is 3.69. The van der Waals surface area contributed by atoms with E-state index in [0.717, 1.165) is 0 Å². The highest BCUT2D eigenvalue weighted by atomic mass is 35.5. The van der Waals surface area contributed by atoms with Crippen molar-refractivity contribution in [3.05, 3.63) is 53.1 Å². The summed E-state index contributed by atoms with van der Waals surface area (Å²) in [6.07, 6.45) is 0. The molecule has 2 aromatic carbocycles. The number of nitrogens with one attached hydrogen (secondary N) is 1. The molecule has 0 radical (unpaired) electrons. The predicted octanol–water partition coefficient (Wildman–Crippen LogP) is 3.27. The Morgan fingerprint density at radius 1 is 1.27 bits per heavy atom. The first-order valence-corrected chi connectivity index (χ1v) is 9.67. The molecule has 0 aromatic heterocycles. The number of hydrogen-bond donors (Lipinski definition) is 1. The normalized spacial score (nSPS) is 12.1. The van der Waals surface area contributed by atoms with Crippen LogP contribution in [0, 0.1) is 17.2 Å². The lowest BCUT2D eigenvalue weighted by molar-refractivity contribution is -0.118. The van der Waals surface area contributed by atoms with Crippen molar-refractivity contribution in [3.8, 4) is 11.8 Å². The summed E-state index contributed by atoms with van der Waals surface area (Å²) < 4.78 is 29.9. The molecule has 136 valence electrons. The molecule has 2 rings (SSSR count). The first-order valence-electron chi connectivity index (χ1n) is 7.64.